The second-order valence-corrected chi connectivity index (χ2v) is 5.29. The molecule has 0 saturated carbocycles. The quantitative estimate of drug-likeness (QED) is 0.487. The summed E-state index contributed by atoms with van der Waals surface area (Å²) < 4.78 is 0. The monoisotopic (exact) mass is 263 g/mol. The van der Waals surface area contributed by atoms with E-state index in [1.165, 1.54) is 18.7 Å². The van der Waals surface area contributed by atoms with E-state index in [0.29, 0.717) is 12.1 Å². The van der Waals surface area contributed by atoms with Crippen LogP contribution in [0.4, 0.5) is 0 Å². The highest BCUT2D eigenvalue weighted by Gasteiger charge is 2.13. The van der Waals surface area contributed by atoms with Crippen LogP contribution >= 0.6 is 11.8 Å². The van der Waals surface area contributed by atoms with Crippen molar-refractivity contribution in [1.82, 2.24) is 5.32 Å². The minimum absolute atomic E-state index is 0.0289. The highest BCUT2D eigenvalue weighted by atomic mass is 32.2. The molecule has 96 valence electrons. The number of carbonyl (C=O) groups excluding carboxylic acids is 2. The van der Waals surface area contributed by atoms with Crippen molar-refractivity contribution >= 4 is 23.5 Å². The molecule has 1 aromatic carbocycles. The first-order valence-electron chi connectivity index (χ1n) is 5.71. The summed E-state index contributed by atoms with van der Waals surface area (Å²) in [5, 5.41) is 2.54. The smallest absolute Gasteiger partial charge is 0.233 e. The molecule has 1 unspecified atom stereocenters. The normalized spacial score (nSPS) is 11.7. The summed E-state index contributed by atoms with van der Waals surface area (Å²) in [5.41, 5.74) is 0.665. The molecular formula is C14H17NO2S. The molecule has 0 aliphatic rings. The zero-order valence-electron chi connectivity index (χ0n) is 10.6. The molecule has 1 atom stereocenters. The van der Waals surface area contributed by atoms with Crippen LogP contribution in [-0.2, 0) is 4.79 Å². The number of hydrogen-bond acceptors (Lipinski definition) is 3. The van der Waals surface area contributed by atoms with Crippen molar-refractivity contribution in [1.29, 1.82) is 0 Å². The molecule has 0 heterocycles. The summed E-state index contributed by atoms with van der Waals surface area (Å²) in [6, 6.07) is 7.31. The van der Waals surface area contributed by atoms with E-state index in [-0.39, 0.29) is 16.9 Å². The Morgan fingerprint density at radius 3 is 2.83 bits per heavy atom. The number of Topliss-reactive ketones (excluding diaryl/α,β-unsaturated/α-hetero) is 1. The first kappa shape index (κ1) is 14.5. The van der Waals surface area contributed by atoms with Gasteiger partial charge < -0.3 is 5.32 Å². The third-order valence-corrected chi connectivity index (χ3v) is 3.44. The molecule has 1 aromatic rings. The topological polar surface area (TPSA) is 46.2 Å². The largest absolute Gasteiger partial charge is 0.352 e. The van der Waals surface area contributed by atoms with Crippen LogP contribution in [0.5, 0.6) is 0 Å². The minimum Gasteiger partial charge on any atom is -0.352 e. The average molecular weight is 263 g/mol. The van der Waals surface area contributed by atoms with Gasteiger partial charge in [0, 0.05) is 17.0 Å². The van der Waals surface area contributed by atoms with Gasteiger partial charge >= 0.3 is 0 Å². The number of amides is 1. The van der Waals surface area contributed by atoms with E-state index in [0.717, 1.165) is 4.90 Å². The van der Waals surface area contributed by atoms with E-state index >= 15 is 0 Å². The fraction of sp³-hybridized carbons (Fsp3) is 0.286. The van der Waals surface area contributed by atoms with Gasteiger partial charge in [0.15, 0.2) is 5.78 Å². The highest BCUT2D eigenvalue weighted by molar-refractivity contribution is 8.00. The molecule has 0 fully saturated rings. The molecule has 0 radical (unpaired) electrons. The average Bonchev–Trinajstić information content (AvgIpc) is 2.36. The zero-order valence-corrected chi connectivity index (χ0v) is 11.4. The van der Waals surface area contributed by atoms with E-state index < -0.39 is 0 Å². The van der Waals surface area contributed by atoms with Gasteiger partial charge in [0.1, 0.15) is 0 Å². The third kappa shape index (κ3) is 4.37. The Labute approximate surface area is 112 Å². The van der Waals surface area contributed by atoms with Crippen molar-refractivity contribution in [3.8, 4) is 0 Å². The number of benzene rings is 1. The summed E-state index contributed by atoms with van der Waals surface area (Å²) in [5.74, 6) is -0.00524. The van der Waals surface area contributed by atoms with Gasteiger partial charge in [0.05, 0.1) is 5.25 Å². The standard InChI is InChI=1S/C14H17NO2S/c1-4-8-15-14(17)11(3)18-13-7-5-6-12(9-13)10(2)16/h4-7,9,11H,1,8H2,2-3H3,(H,15,17). The van der Waals surface area contributed by atoms with Gasteiger partial charge in [-0.25, -0.2) is 0 Å². The fourth-order valence-electron chi connectivity index (χ4n) is 1.36. The van der Waals surface area contributed by atoms with Crippen LogP contribution in [0.25, 0.3) is 0 Å². The van der Waals surface area contributed by atoms with Crippen LogP contribution in [-0.4, -0.2) is 23.5 Å². The Morgan fingerprint density at radius 1 is 1.50 bits per heavy atom. The summed E-state index contributed by atoms with van der Waals surface area (Å²) >= 11 is 1.44. The van der Waals surface area contributed by atoms with Gasteiger partial charge in [0.2, 0.25) is 5.91 Å². The Balaban J connectivity index is 2.66. The van der Waals surface area contributed by atoms with Gasteiger partial charge in [-0.3, -0.25) is 9.59 Å². The lowest BCUT2D eigenvalue weighted by atomic mass is 10.2. The molecule has 0 saturated heterocycles. The predicted octanol–water partition coefficient (Wildman–Crippen LogP) is 2.67. The molecule has 0 aliphatic heterocycles. The molecule has 18 heavy (non-hydrogen) atoms. The predicted molar refractivity (Wildman–Crippen MR) is 75.0 cm³/mol. The minimum atomic E-state index is -0.202. The number of ketones is 1. The Hall–Kier alpha value is -1.55. The molecule has 4 heteroatoms. The van der Waals surface area contributed by atoms with Crippen LogP contribution in [0, 0.1) is 0 Å². The lowest BCUT2D eigenvalue weighted by Crippen LogP contribution is -2.30. The van der Waals surface area contributed by atoms with Crippen molar-refractivity contribution in [2.75, 3.05) is 6.54 Å². The maximum atomic E-state index is 11.7. The summed E-state index contributed by atoms with van der Waals surface area (Å²) in [6.45, 7) is 7.39. The summed E-state index contributed by atoms with van der Waals surface area (Å²) in [6.07, 6.45) is 1.64. The maximum Gasteiger partial charge on any atom is 0.233 e. The van der Waals surface area contributed by atoms with Crippen molar-refractivity contribution in [2.24, 2.45) is 0 Å². The van der Waals surface area contributed by atoms with E-state index in [4.69, 9.17) is 0 Å². The number of carbonyl (C=O) groups is 2. The maximum absolute atomic E-state index is 11.7. The number of rotatable bonds is 6. The van der Waals surface area contributed by atoms with Crippen LogP contribution in [0.15, 0.2) is 41.8 Å². The number of thioether (sulfide) groups is 1. The molecular weight excluding hydrogens is 246 g/mol. The fourth-order valence-corrected chi connectivity index (χ4v) is 2.31. The molecule has 0 aromatic heterocycles. The van der Waals surface area contributed by atoms with Crippen molar-refractivity contribution in [2.45, 2.75) is 24.0 Å². The Kier molecular flexibility index (Phi) is 5.65. The van der Waals surface area contributed by atoms with Crippen LogP contribution in [0.1, 0.15) is 24.2 Å². The molecule has 1 N–H and O–H groups in total. The van der Waals surface area contributed by atoms with Crippen LogP contribution < -0.4 is 5.32 Å². The first-order chi connectivity index (χ1) is 8.54. The molecule has 3 nitrogen and oxygen atoms in total. The lowest BCUT2D eigenvalue weighted by Gasteiger charge is -2.11. The van der Waals surface area contributed by atoms with Gasteiger partial charge in [-0.1, -0.05) is 18.2 Å². The summed E-state index contributed by atoms with van der Waals surface area (Å²) in [4.78, 5) is 23.9. The van der Waals surface area contributed by atoms with E-state index in [9.17, 15) is 9.59 Å². The Bertz CT molecular complexity index is 457. The number of hydrogen-bond donors (Lipinski definition) is 1. The van der Waals surface area contributed by atoms with Crippen molar-refractivity contribution in [3.63, 3.8) is 0 Å². The van der Waals surface area contributed by atoms with Crippen LogP contribution in [0.2, 0.25) is 0 Å². The first-order valence-corrected chi connectivity index (χ1v) is 6.59. The van der Waals surface area contributed by atoms with Gasteiger partial charge in [-0.05, 0) is 26.0 Å². The summed E-state index contributed by atoms with van der Waals surface area (Å²) in [7, 11) is 0. The van der Waals surface area contributed by atoms with Gasteiger partial charge in [-0.2, -0.15) is 0 Å². The SMILES string of the molecule is C=CCNC(=O)C(C)Sc1cccc(C(C)=O)c1. The molecule has 1 rings (SSSR count). The highest BCUT2D eigenvalue weighted by Crippen LogP contribution is 2.24. The van der Waals surface area contributed by atoms with E-state index in [1.807, 2.05) is 25.1 Å². The zero-order chi connectivity index (χ0) is 13.5. The van der Waals surface area contributed by atoms with Gasteiger partial charge in [0.25, 0.3) is 0 Å². The van der Waals surface area contributed by atoms with Crippen LogP contribution in [0.3, 0.4) is 0 Å². The van der Waals surface area contributed by atoms with Gasteiger partial charge in [-0.15, -0.1) is 18.3 Å². The molecule has 0 spiro atoms. The number of nitrogens with one attached hydrogen (secondary N) is 1. The lowest BCUT2D eigenvalue weighted by molar-refractivity contribution is -0.120. The molecule has 0 aliphatic carbocycles. The van der Waals surface area contributed by atoms with Crippen molar-refractivity contribution < 1.29 is 9.59 Å². The second kappa shape index (κ2) is 7.01. The second-order valence-electron chi connectivity index (χ2n) is 3.88. The van der Waals surface area contributed by atoms with E-state index in [2.05, 4.69) is 11.9 Å². The van der Waals surface area contributed by atoms with Crippen molar-refractivity contribution in [3.05, 3.63) is 42.5 Å². The molecule has 0 bridgehead atoms. The third-order valence-electron chi connectivity index (χ3n) is 2.34. The Morgan fingerprint density at radius 2 is 2.22 bits per heavy atom. The molecule has 1 amide bonds. The van der Waals surface area contributed by atoms with E-state index in [1.54, 1.807) is 12.1 Å².